The van der Waals surface area contributed by atoms with Crippen LogP contribution >= 0.6 is 0 Å². The van der Waals surface area contributed by atoms with Crippen molar-refractivity contribution in [3.05, 3.63) is 120 Å². The summed E-state index contributed by atoms with van der Waals surface area (Å²) in [5, 5.41) is 33.6. The van der Waals surface area contributed by atoms with Crippen molar-refractivity contribution < 1.29 is 4.39 Å². The molecule has 0 N–H and O–H groups in total. The Kier molecular flexibility index (Phi) is 4.76. The molecule has 0 aliphatic rings. The molecule has 7 rings (SSSR count). The summed E-state index contributed by atoms with van der Waals surface area (Å²) in [5.74, 6) is -0.297. The SMILES string of the molecule is N#Cc1cc(C#N)c(-n2c3ccccc3c3c4c5ccccc5n(-c5ccc(F)cc5)c4ccc32)c(C#N)c1. The summed E-state index contributed by atoms with van der Waals surface area (Å²) in [6.45, 7) is 0. The lowest BCUT2D eigenvalue weighted by molar-refractivity contribution is 0.627. The molecule has 5 nitrogen and oxygen atoms in total. The number of para-hydroxylation sites is 2. The van der Waals surface area contributed by atoms with Crippen LogP contribution in [0.2, 0.25) is 0 Å². The number of hydrogen-bond donors (Lipinski definition) is 0. The van der Waals surface area contributed by atoms with Gasteiger partial charge < -0.3 is 9.13 Å². The molecule has 0 atom stereocenters. The van der Waals surface area contributed by atoms with Gasteiger partial charge in [0.1, 0.15) is 18.0 Å². The van der Waals surface area contributed by atoms with E-state index in [1.807, 2.05) is 59.2 Å². The fourth-order valence-corrected chi connectivity index (χ4v) is 5.74. The molecule has 7 aromatic rings. The molecule has 6 heteroatoms. The number of hydrogen-bond acceptors (Lipinski definition) is 3. The average Bonchev–Trinajstić information content (AvgIpc) is 3.49. The predicted molar refractivity (Wildman–Crippen MR) is 149 cm³/mol. The van der Waals surface area contributed by atoms with E-state index < -0.39 is 0 Å². The maximum absolute atomic E-state index is 13.8. The first-order valence-electron chi connectivity index (χ1n) is 12.2. The molecule has 39 heavy (non-hydrogen) atoms. The van der Waals surface area contributed by atoms with Crippen molar-refractivity contribution in [2.24, 2.45) is 0 Å². The quantitative estimate of drug-likeness (QED) is 0.244. The number of nitrogens with zero attached hydrogens (tertiary/aromatic N) is 5. The van der Waals surface area contributed by atoms with Crippen LogP contribution in [-0.2, 0) is 0 Å². The van der Waals surface area contributed by atoms with Crippen molar-refractivity contribution in [1.29, 1.82) is 15.8 Å². The number of benzene rings is 5. The van der Waals surface area contributed by atoms with E-state index in [1.54, 1.807) is 12.1 Å². The van der Waals surface area contributed by atoms with Crippen LogP contribution in [0.4, 0.5) is 4.39 Å². The van der Waals surface area contributed by atoms with Gasteiger partial charge in [-0.1, -0.05) is 36.4 Å². The van der Waals surface area contributed by atoms with E-state index in [1.165, 1.54) is 24.3 Å². The van der Waals surface area contributed by atoms with Crippen molar-refractivity contribution in [2.45, 2.75) is 0 Å². The van der Waals surface area contributed by atoms with Gasteiger partial charge in [0.2, 0.25) is 0 Å². The molecule has 2 aromatic heterocycles. The number of nitriles is 3. The molecule has 0 unspecified atom stereocenters. The van der Waals surface area contributed by atoms with Crippen molar-refractivity contribution >= 4 is 43.6 Å². The monoisotopic (exact) mass is 501 g/mol. The highest BCUT2D eigenvalue weighted by molar-refractivity contribution is 6.29. The minimum Gasteiger partial charge on any atom is -0.309 e. The largest absolute Gasteiger partial charge is 0.309 e. The van der Waals surface area contributed by atoms with Crippen LogP contribution < -0.4 is 0 Å². The Hall–Kier alpha value is -5.90. The van der Waals surface area contributed by atoms with Crippen LogP contribution in [0.25, 0.3) is 55.0 Å². The normalized spacial score (nSPS) is 11.1. The second kappa shape index (κ2) is 8.32. The third-order valence-electron chi connectivity index (χ3n) is 7.26. The van der Waals surface area contributed by atoms with E-state index in [0.717, 1.165) is 49.3 Å². The summed E-state index contributed by atoms with van der Waals surface area (Å²) in [5.41, 5.74) is 5.68. The van der Waals surface area contributed by atoms with Crippen LogP contribution in [-0.4, -0.2) is 9.13 Å². The minimum absolute atomic E-state index is 0.252. The first-order chi connectivity index (χ1) is 19.1. The Bertz CT molecular complexity index is 2230. The fourth-order valence-electron chi connectivity index (χ4n) is 5.74. The molecule has 0 saturated carbocycles. The van der Waals surface area contributed by atoms with Gasteiger partial charge in [-0.15, -0.1) is 0 Å². The molecule has 2 heterocycles. The molecule has 0 fully saturated rings. The van der Waals surface area contributed by atoms with E-state index in [2.05, 4.69) is 28.8 Å². The number of halogens is 1. The summed E-state index contributed by atoms with van der Waals surface area (Å²) in [6.07, 6.45) is 0. The van der Waals surface area contributed by atoms with Crippen molar-refractivity contribution in [3.63, 3.8) is 0 Å². The molecule has 0 aliphatic carbocycles. The first-order valence-corrected chi connectivity index (χ1v) is 12.2. The average molecular weight is 502 g/mol. The molecule has 180 valence electrons. The highest BCUT2D eigenvalue weighted by Crippen LogP contribution is 2.43. The molecular weight excluding hydrogens is 485 g/mol. The van der Waals surface area contributed by atoms with Gasteiger partial charge in [0.15, 0.2) is 0 Å². The Morgan fingerprint density at radius 3 is 1.59 bits per heavy atom. The molecule has 5 aromatic carbocycles. The molecule has 0 amide bonds. The topological polar surface area (TPSA) is 81.2 Å². The maximum atomic E-state index is 13.8. The van der Waals surface area contributed by atoms with Gasteiger partial charge in [-0.25, -0.2) is 4.39 Å². The molecule has 0 bridgehead atoms. The van der Waals surface area contributed by atoms with Crippen LogP contribution in [0.3, 0.4) is 0 Å². The van der Waals surface area contributed by atoms with E-state index in [0.29, 0.717) is 5.69 Å². The Balaban J connectivity index is 1.71. The predicted octanol–water partition coefficient (Wildman–Crippen LogP) is 7.63. The summed E-state index contributed by atoms with van der Waals surface area (Å²) in [7, 11) is 0. The lowest BCUT2D eigenvalue weighted by Gasteiger charge is -2.12. The van der Waals surface area contributed by atoms with Gasteiger partial charge in [-0.2, -0.15) is 15.8 Å². The summed E-state index contributed by atoms with van der Waals surface area (Å²) < 4.78 is 17.9. The highest BCUT2D eigenvalue weighted by Gasteiger charge is 2.23. The Labute approximate surface area is 222 Å². The second-order valence-electron chi connectivity index (χ2n) is 9.29. The summed E-state index contributed by atoms with van der Waals surface area (Å²) >= 11 is 0. The van der Waals surface area contributed by atoms with E-state index in [4.69, 9.17) is 0 Å². The van der Waals surface area contributed by atoms with Crippen LogP contribution in [0.15, 0.2) is 97.1 Å². The highest BCUT2D eigenvalue weighted by atomic mass is 19.1. The second-order valence-corrected chi connectivity index (χ2v) is 9.29. The molecule has 0 spiro atoms. The third kappa shape index (κ3) is 3.08. The van der Waals surface area contributed by atoms with Gasteiger partial charge in [0, 0.05) is 27.2 Å². The van der Waals surface area contributed by atoms with Crippen molar-refractivity contribution in [3.8, 4) is 29.6 Å². The van der Waals surface area contributed by atoms with Crippen LogP contribution in [0.5, 0.6) is 0 Å². The standard InChI is InChI=1S/C33H16FN5/c34-23-9-11-24(12-10-23)38-27-7-3-1-5-25(27)31-29(38)13-14-30-32(31)26-6-2-4-8-28(26)39(30)33-21(18-36)15-20(17-35)16-22(33)19-37/h1-16H. The molecule has 0 saturated heterocycles. The zero-order valence-corrected chi connectivity index (χ0v) is 20.4. The lowest BCUT2D eigenvalue weighted by atomic mass is 10.0. The van der Waals surface area contributed by atoms with Gasteiger partial charge in [-0.3, -0.25) is 0 Å². The van der Waals surface area contributed by atoms with E-state index >= 15 is 0 Å². The molecule has 0 radical (unpaired) electrons. The van der Waals surface area contributed by atoms with Crippen LogP contribution in [0, 0.1) is 39.8 Å². The lowest BCUT2D eigenvalue weighted by Crippen LogP contribution is -2.02. The van der Waals surface area contributed by atoms with E-state index in [-0.39, 0.29) is 22.5 Å². The van der Waals surface area contributed by atoms with Crippen molar-refractivity contribution in [2.75, 3.05) is 0 Å². The third-order valence-corrected chi connectivity index (χ3v) is 7.26. The molecule has 0 aliphatic heterocycles. The van der Waals surface area contributed by atoms with Crippen LogP contribution in [0.1, 0.15) is 16.7 Å². The smallest absolute Gasteiger partial charge is 0.123 e. The first kappa shape index (κ1) is 22.3. The number of rotatable bonds is 2. The molecular formula is C33H16FN5. The van der Waals surface area contributed by atoms with E-state index in [9.17, 15) is 20.2 Å². The maximum Gasteiger partial charge on any atom is 0.123 e. The Morgan fingerprint density at radius 1 is 0.538 bits per heavy atom. The van der Waals surface area contributed by atoms with Gasteiger partial charge in [-0.05, 0) is 60.7 Å². The van der Waals surface area contributed by atoms with Gasteiger partial charge in [0.05, 0.1) is 50.5 Å². The number of aromatic nitrogens is 2. The van der Waals surface area contributed by atoms with Crippen molar-refractivity contribution in [1.82, 2.24) is 9.13 Å². The minimum atomic E-state index is -0.297. The summed E-state index contributed by atoms with van der Waals surface area (Å²) in [6, 6.07) is 36.0. The number of fused-ring (bicyclic) bond motifs is 7. The zero-order chi connectivity index (χ0) is 26.7. The summed E-state index contributed by atoms with van der Waals surface area (Å²) in [4.78, 5) is 0. The van der Waals surface area contributed by atoms with Gasteiger partial charge >= 0.3 is 0 Å². The zero-order valence-electron chi connectivity index (χ0n) is 20.4. The fraction of sp³-hybridized carbons (Fsp3) is 0. The Morgan fingerprint density at radius 2 is 1.05 bits per heavy atom. The van der Waals surface area contributed by atoms with Gasteiger partial charge in [0.25, 0.3) is 0 Å².